The lowest BCUT2D eigenvalue weighted by Crippen LogP contribution is -2.19. The van der Waals surface area contributed by atoms with Crippen LogP contribution in [-0.2, 0) is 0 Å². The van der Waals surface area contributed by atoms with Crippen molar-refractivity contribution in [3.8, 4) is 11.5 Å². The molecule has 0 radical (unpaired) electrons. The summed E-state index contributed by atoms with van der Waals surface area (Å²) in [6.07, 6.45) is 2.12. The summed E-state index contributed by atoms with van der Waals surface area (Å²) < 4.78 is 10.8. The molecule has 3 nitrogen and oxygen atoms in total. The number of fused-ring (bicyclic) bond motifs is 1. The summed E-state index contributed by atoms with van der Waals surface area (Å²) in [5.41, 5.74) is 2.54. The minimum Gasteiger partial charge on any atom is -0.454 e. The van der Waals surface area contributed by atoms with E-state index in [0.29, 0.717) is 12.8 Å². The van der Waals surface area contributed by atoms with Crippen molar-refractivity contribution in [3.05, 3.63) is 23.3 Å². The highest BCUT2D eigenvalue weighted by molar-refractivity contribution is 7.98. The molecule has 4 heteroatoms. The van der Waals surface area contributed by atoms with Gasteiger partial charge in [0.1, 0.15) is 0 Å². The molecule has 0 bridgehead atoms. The number of aryl methyl sites for hydroxylation is 1. The summed E-state index contributed by atoms with van der Waals surface area (Å²) >= 11 is 1.84. The van der Waals surface area contributed by atoms with E-state index in [9.17, 15) is 0 Å². The van der Waals surface area contributed by atoms with Crippen molar-refractivity contribution in [2.75, 3.05) is 25.8 Å². The lowest BCUT2D eigenvalue weighted by atomic mass is 10.0. The summed E-state index contributed by atoms with van der Waals surface area (Å²) in [5.74, 6) is 2.78. The molecule has 2 rings (SSSR count). The molecule has 1 aromatic carbocycles. The first-order valence-corrected chi connectivity index (χ1v) is 6.72. The molecular formula is C12H17NO2S. The molecule has 1 N–H and O–H groups in total. The van der Waals surface area contributed by atoms with Gasteiger partial charge in [0.15, 0.2) is 11.5 Å². The van der Waals surface area contributed by atoms with Gasteiger partial charge in [-0.15, -0.1) is 0 Å². The minimum absolute atomic E-state index is 0.338. The molecule has 0 spiro atoms. The average Bonchev–Trinajstić information content (AvgIpc) is 2.72. The summed E-state index contributed by atoms with van der Waals surface area (Å²) in [6, 6.07) is 4.52. The van der Waals surface area contributed by atoms with Crippen molar-refractivity contribution >= 4 is 11.8 Å². The van der Waals surface area contributed by atoms with Crippen LogP contribution >= 0.6 is 11.8 Å². The normalized spacial score (nSPS) is 15.2. The first-order valence-electron chi connectivity index (χ1n) is 5.32. The molecule has 88 valence electrons. The van der Waals surface area contributed by atoms with Gasteiger partial charge in [0.25, 0.3) is 0 Å². The first kappa shape index (κ1) is 11.6. The predicted octanol–water partition coefficient (Wildman–Crippen LogP) is 2.35. The Kier molecular flexibility index (Phi) is 3.61. The Labute approximate surface area is 101 Å². The van der Waals surface area contributed by atoms with Gasteiger partial charge in [0.05, 0.1) is 0 Å². The van der Waals surface area contributed by atoms with Gasteiger partial charge in [-0.2, -0.15) is 11.8 Å². The molecule has 0 aliphatic carbocycles. The van der Waals surface area contributed by atoms with E-state index in [1.807, 2.05) is 18.8 Å². The van der Waals surface area contributed by atoms with Crippen molar-refractivity contribution in [3.63, 3.8) is 0 Å². The SMILES string of the molecule is CNC(CSC)c1cc2c(cc1C)OCO2. The van der Waals surface area contributed by atoms with Crippen molar-refractivity contribution in [2.24, 2.45) is 0 Å². The maximum Gasteiger partial charge on any atom is 0.231 e. The second-order valence-corrected chi connectivity index (χ2v) is 4.77. The van der Waals surface area contributed by atoms with E-state index in [4.69, 9.17) is 9.47 Å². The Bertz CT molecular complexity index is 382. The van der Waals surface area contributed by atoms with Gasteiger partial charge in [-0.05, 0) is 43.5 Å². The van der Waals surface area contributed by atoms with Crippen LogP contribution in [0.25, 0.3) is 0 Å². The van der Waals surface area contributed by atoms with Crippen LogP contribution in [0.2, 0.25) is 0 Å². The Morgan fingerprint density at radius 1 is 1.38 bits per heavy atom. The zero-order valence-electron chi connectivity index (χ0n) is 9.87. The third kappa shape index (κ3) is 2.13. The fraction of sp³-hybridized carbons (Fsp3) is 0.500. The van der Waals surface area contributed by atoms with Gasteiger partial charge in [-0.25, -0.2) is 0 Å². The number of rotatable bonds is 4. The van der Waals surface area contributed by atoms with Gasteiger partial charge >= 0.3 is 0 Å². The quantitative estimate of drug-likeness (QED) is 0.873. The Balaban J connectivity index is 2.32. The summed E-state index contributed by atoms with van der Waals surface area (Å²) in [7, 11) is 1.99. The van der Waals surface area contributed by atoms with Crippen molar-refractivity contribution in [1.82, 2.24) is 5.32 Å². The van der Waals surface area contributed by atoms with E-state index in [1.54, 1.807) is 0 Å². The number of ether oxygens (including phenoxy) is 2. The topological polar surface area (TPSA) is 30.5 Å². The molecule has 1 unspecified atom stereocenters. The molecule has 0 aromatic heterocycles. The van der Waals surface area contributed by atoms with E-state index >= 15 is 0 Å². The van der Waals surface area contributed by atoms with Crippen LogP contribution in [0.1, 0.15) is 17.2 Å². The second-order valence-electron chi connectivity index (χ2n) is 3.86. The fourth-order valence-electron chi connectivity index (χ4n) is 1.93. The molecule has 1 heterocycles. The highest BCUT2D eigenvalue weighted by Gasteiger charge is 2.19. The third-order valence-electron chi connectivity index (χ3n) is 2.82. The van der Waals surface area contributed by atoms with Crippen LogP contribution in [-0.4, -0.2) is 25.8 Å². The van der Waals surface area contributed by atoms with Gasteiger partial charge in [0.2, 0.25) is 6.79 Å². The highest BCUT2D eigenvalue weighted by Crippen LogP contribution is 2.36. The number of nitrogens with one attached hydrogen (secondary N) is 1. The maximum absolute atomic E-state index is 5.41. The summed E-state index contributed by atoms with van der Waals surface area (Å²) in [6.45, 7) is 2.45. The molecule has 1 aliphatic rings. The molecule has 1 aliphatic heterocycles. The third-order valence-corrected chi connectivity index (χ3v) is 3.49. The maximum atomic E-state index is 5.41. The lowest BCUT2D eigenvalue weighted by molar-refractivity contribution is 0.174. The smallest absolute Gasteiger partial charge is 0.231 e. The number of hydrogen-bond acceptors (Lipinski definition) is 4. The van der Waals surface area contributed by atoms with Gasteiger partial charge < -0.3 is 14.8 Å². The average molecular weight is 239 g/mol. The van der Waals surface area contributed by atoms with Crippen LogP contribution in [0.15, 0.2) is 12.1 Å². The highest BCUT2D eigenvalue weighted by atomic mass is 32.2. The predicted molar refractivity (Wildman–Crippen MR) is 67.5 cm³/mol. The van der Waals surface area contributed by atoms with E-state index in [0.717, 1.165) is 17.3 Å². The largest absolute Gasteiger partial charge is 0.454 e. The lowest BCUT2D eigenvalue weighted by Gasteiger charge is -2.18. The molecule has 0 saturated carbocycles. The number of benzene rings is 1. The summed E-state index contributed by atoms with van der Waals surface area (Å²) in [5, 5.41) is 3.33. The molecule has 1 aromatic rings. The van der Waals surface area contributed by atoms with E-state index < -0.39 is 0 Å². The first-order chi connectivity index (χ1) is 7.76. The van der Waals surface area contributed by atoms with Crippen LogP contribution in [0.5, 0.6) is 11.5 Å². The fourth-order valence-corrected chi connectivity index (χ4v) is 2.61. The zero-order valence-corrected chi connectivity index (χ0v) is 10.7. The standard InChI is InChI=1S/C12H17NO2S/c1-8-4-11-12(15-7-14-11)5-9(8)10(13-2)6-16-3/h4-5,10,13H,6-7H2,1-3H3. The van der Waals surface area contributed by atoms with Crippen molar-refractivity contribution in [2.45, 2.75) is 13.0 Å². The van der Waals surface area contributed by atoms with Crippen LogP contribution in [0.3, 0.4) is 0 Å². The van der Waals surface area contributed by atoms with Gasteiger partial charge in [-0.3, -0.25) is 0 Å². The Morgan fingerprint density at radius 2 is 2.06 bits per heavy atom. The molecule has 0 saturated heterocycles. The Hall–Kier alpha value is -0.870. The molecule has 1 atom stereocenters. The second kappa shape index (κ2) is 4.97. The molecular weight excluding hydrogens is 222 g/mol. The zero-order chi connectivity index (χ0) is 11.5. The van der Waals surface area contributed by atoms with Crippen molar-refractivity contribution < 1.29 is 9.47 Å². The van der Waals surface area contributed by atoms with Gasteiger partial charge in [0, 0.05) is 11.8 Å². The van der Waals surface area contributed by atoms with Crippen LogP contribution in [0.4, 0.5) is 0 Å². The minimum atomic E-state index is 0.338. The molecule has 16 heavy (non-hydrogen) atoms. The summed E-state index contributed by atoms with van der Waals surface area (Å²) in [4.78, 5) is 0. The van der Waals surface area contributed by atoms with Crippen molar-refractivity contribution in [1.29, 1.82) is 0 Å². The molecule has 0 fully saturated rings. The van der Waals surface area contributed by atoms with Crippen LogP contribution < -0.4 is 14.8 Å². The number of thioether (sulfide) groups is 1. The van der Waals surface area contributed by atoms with Gasteiger partial charge in [-0.1, -0.05) is 0 Å². The van der Waals surface area contributed by atoms with E-state index in [1.165, 1.54) is 11.1 Å². The van der Waals surface area contributed by atoms with Crippen LogP contribution in [0, 0.1) is 6.92 Å². The van der Waals surface area contributed by atoms with E-state index in [2.05, 4.69) is 30.6 Å². The Morgan fingerprint density at radius 3 is 2.69 bits per heavy atom. The molecule has 0 amide bonds. The monoisotopic (exact) mass is 239 g/mol. The number of hydrogen-bond donors (Lipinski definition) is 1. The van der Waals surface area contributed by atoms with E-state index in [-0.39, 0.29) is 0 Å².